The highest BCUT2D eigenvalue weighted by Gasteiger charge is 2.09. The fourth-order valence-electron chi connectivity index (χ4n) is 2.18. The van der Waals surface area contributed by atoms with Crippen LogP contribution in [0.15, 0.2) is 42.6 Å². The Kier molecular flexibility index (Phi) is 4.99. The number of aromatic nitrogens is 1. The summed E-state index contributed by atoms with van der Waals surface area (Å²) in [5, 5.41) is 0. The van der Waals surface area contributed by atoms with Crippen molar-refractivity contribution in [1.82, 2.24) is 4.98 Å². The molecule has 0 radical (unpaired) electrons. The van der Waals surface area contributed by atoms with E-state index < -0.39 is 0 Å². The average Bonchev–Trinajstić information content (AvgIpc) is 2.48. The van der Waals surface area contributed by atoms with Gasteiger partial charge < -0.3 is 9.64 Å². The maximum atomic E-state index is 5.23. The third-order valence-corrected chi connectivity index (χ3v) is 3.31. The molecule has 0 saturated heterocycles. The first-order valence-electron chi connectivity index (χ1n) is 7.09. The third-order valence-electron chi connectivity index (χ3n) is 3.31. The smallest absolute Gasteiger partial charge is 0.119 e. The molecule has 3 heteroatoms. The van der Waals surface area contributed by atoms with E-state index in [9.17, 15) is 0 Å². The van der Waals surface area contributed by atoms with Crippen LogP contribution in [0.1, 0.15) is 25.5 Å². The van der Waals surface area contributed by atoms with Gasteiger partial charge in [-0.25, -0.2) is 0 Å². The van der Waals surface area contributed by atoms with Crippen molar-refractivity contribution in [3.63, 3.8) is 0 Å². The molecule has 0 unspecified atom stereocenters. The Balaban J connectivity index is 2.30. The fraction of sp³-hybridized carbons (Fsp3) is 0.353. The lowest BCUT2D eigenvalue weighted by Crippen LogP contribution is -2.18. The van der Waals surface area contributed by atoms with Crippen LogP contribution in [0.25, 0.3) is 0 Å². The Morgan fingerprint density at radius 2 is 1.85 bits per heavy atom. The molecule has 0 aliphatic rings. The molecule has 1 aromatic carbocycles. The minimum Gasteiger partial charge on any atom is -0.497 e. The van der Waals surface area contributed by atoms with Crippen molar-refractivity contribution in [1.29, 1.82) is 0 Å². The first-order chi connectivity index (χ1) is 9.74. The molecule has 0 amide bonds. The molecule has 20 heavy (non-hydrogen) atoms. The van der Waals surface area contributed by atoms with Crippen LogP contribution in [0.2, 0.25) is 0 Å². The van der Waals surface area contributed by atoms with Crippen LogP contribution in [-0.2, 0) is 0 Å². The van der Waals surface area contributed by atoms with E-state index in [2.05, 4.69) is 41.1 Å². The average molecular weight is 270 g/mol. The summed E-state index contributed by atoms with van der Waals surface area (Å²) in [7, 11) is 1.69. The van der Waals surface area contributed by atoms with E-state index >= 15 is 0 Å². The number of unbranched alkanes of at least 4 members (excludes halogenated alkanes) is 1. The van der Waals surface area contributed by atoms with Crippen molar-refractivity contribution < 1.29 is 4.74 Å². The van der Waals surface area contributed by atoms with Crippen molar-refractivity contribution in [3.8, 4) is 5.75 Å². The molecule has 0 N–H and O–H groups in total. The molecule has 0 atom stereocenters. The second kappa shape index (κ2) is 6.94. The number of hydrogen-bond donors (Lipinski definition) is 0. The highest BCUT2D eigenvalue weighted by atomic mass is 16.5. The second-order valence-electron chi connectivity index (χ2n) is 4.86. The van der Waals surface area contributed by atoms with Gasteiger partial charge in [0.15, 0.2) is 0 Å². The lowest BCUT2D eigenvalue weighted by atomic mass is 10.2. The topological polar surface area (TPSA) is 25.4 Å². The summed E-state index contributed by atoms with van der Waals surface area (Å²) in [6, 6.07) is 12.4. The summed E-state index contributed by atoms with van der Waals surface area (Å²) in [6.45, 7) is 5.24. The fourth-order valence-corrected chi connectivity index (χ4v) is 2.18. The molecule has 106 valence electrons. The summed E-state index contributed by atoms with van der Waals surface area (Å²) < 4.78 is 5.23. The van der Waals surface area contributed by atoms with Crippen LogP contribution < -0.4 is 9.64 Å². The zero-order valence-electron chi connectivity index (χ0n) is 12.5. The lowest BCUT2D eigenvalue weighted by Gasteiger charge is -2.25. The molecule has 1 aromatic heterocycles. The lowest BCUT2D eigenvalue weighted by molar-refractivity contribution is 0.415. The van der Waals surface area contributed by atoms with Gasteiger partial charge >= 0.3 is 0 Å². The third kappa shape index (κ3) is 3.50. The van der Waals surface area contributed by atoms with Crippen LogP contribution in [0.5, 0.6) is 5.75 Å². The summed E-state index contributed by atoms with van der Waals surface area (Å²) in [5.41, 5.74) is 3.42. The number of ether oxygens (including phenoxy) is 1. The summed E-state index contributed by atoms with van der Waals surface area (Å²) >= 11 is 0. The predicted octanol–water partition coefficient (Wildman–Crippen LogP) is 4.34. The van der Waals surface area contributed by atoms with E-state index in [0.717, 1.165) is 24.4 Å². The van der Waals surface area contributed by atoms with Gasteiger partial charge in [-0.1, -0.05) is 13.3 Å². The normalized spacial score (nSPS) is 10.3. The highest BCUT2D eigenvalue weighted by Crippen LogP contribution is 2.27. The second-order valence-corrected chi connectivity index (χ2v) is 4.86. The van der Waals surface area contributed by atoms with Crippen molar-refractivity contribution in [2.24, 2.45) is 0 Å². The Labute approximate surface area is 121 Å². The van der Waals surface area contributed by atoms with E-state index in [1.807, 2.05) is 25.3 Å². The van der Waals surface area contributed by atoms with Crippen LogP contribution in [-0.4, -0.2) is 18.6 Å². The monoisotopic (exact) mass is 270 g/mol. The Morgan fingerprint density at radius 3 is 2.45 bits per heavy atom. The summed E-state index contributed by atoms with van der Waals surface area (Å²) in [4.78, 5) is 6.61. The summed E-state index contributed by atoms with van der Waals surface area (Å²) in [6.07, 6.45) is 4.21. The molecule has 0 aliphatic heterocycles. The molecule has 2 rings (SSSR count). The van der Waals surface area contributed by atoms with Gasteiger partial charge in [-0.15, -0.1) is 0 Å². The number of nitrogens with zero attached hydrogens (tertiary/aromatic N) is 2. The van der Waals surface area contributed by atoms with E-state index in [0.29, 0.717) is 0 Å². The number of methoxy groups -OCH3 is 1. The van der Waals surface area contributed by atoms with Crippen LogP contribution in [0.4, 0.5) is 11.4 Å². The van der Waals surface area contributed by atoms with Gasteiger partial charge in [0.05, 0.1) is 7.11 Å². The van der Waals surface area contributed by atoms with Gasteiger partial charge in [0.1, 0.15) is 5.75 Å². The van der Waals surface area contributed by atoms with Crippen LogP contribution in [0.3, 0.4) is 0 Å². The Bertz CT molecular complexity index is 537. The van der Waals surface area contributed by atoms with Gasteiger partial charge in [0.25, 0.3) is 0 Å². The minimum absolute atomic E-state index is 0.884. The van der Waals surface area contributed by atoms with E-state index in [1.54, 1.807) is 7.11 Å². The van der Waals surface area contributed by atoms with Crippen LogP contribution >= 0.6 is 0 Å². The van der Waals surface area contributed by atoms with Crippen LogP contribution in [0, 0.1) is 6.92 Å². The number of aryl methyl sites for hydroxylation is 1. The maximum absolute atomic E-state index is 5.23. The zero-order valence-corrected chi connectivity index (χ0v) is 12.5. The molecule has 0 fully saturated rings. The van der Waals surface area contributed by atoms with Crippen molar-refractivity contribution >= 4 is 11.4 Å². The highest BCUT2D eigenvalue weighted by molar-refractivity contribution is 5.63. The standard InChI is InChI=1S/C17H22N2O/c1-4-5-12-19(16-10-11-18-14(2)13-16)15-6-8-17(20-3)9-7-15/h6-11,13H,4-5,12H2,1-3H3. The number of anilines is 2. The quantitative estimate of drug-likeness (QED) is 0.781. The predicted molar refractivity (Wildman–Crippen MR) is 83.9 cm³/mol. The van der Waals surface area contributed by atoms with Gasteiger partial charge in [-0.2, -0.15) is 0 Å². The molecule has 0 bridgehead atoms. The Morgan fingerprint density at radius 1 is 1.10 bits per heavy atom. The minimum atomic E-state index is 0.884. The molecular weight excluding hydrogens is 248 g/mol. The molecule has 0 spiro atoms. The van der Waals surface area contributed by atoms with Crippen molar-refractivity contribution in [2.45, 2.75) is 26.7 Å². The van der Waals surface area contributed by atoms with Gasteiger partial charge in [0.2, 0.25) is 0 Å². The molecule has 1 heterocycles. The van der Waals surface area contributed by atoms with Crippen molar-refractivity contribution in [3.05, 3.63) is 48.3 Å². The van der Waals surface area contributed by atoms with Gasteiger partial charge in [0, 0.05) is 29.8 Å². The van der Waals surface area contributed by atoms with Crippen molar-refractivity contribution in [2.75, 3.05) is 18.6 Å². The first kappa shape index (κ1) is 14.4. The van der Waals surface area contributed by atoms with Gasteiger partial charge in [-0.05, 0) is 49.7 Å². The molecular formula is C17H22N2O. The number of benzene rings is 1. The number of hydrogen-bond acceptors (Lipinski definition) is 3. The first-order valence-corrected chi connectivity index (χ1v) is 7.09. The largest absolute Gasteiger partial charge is 0.497 e. The van der Waals surface area contributed by atoms with E-state index in [1.165, 1.54) is 17.8 Å². The molecule has 2 aromatic rings. The van der Waals surface area contributed by atoms with E-state index in [-0.39, 0.29) is 0 Å². The Hall–Kier alpha value is -2.03. The van der Waals surface area contributed by atoms with E-state index in [4.69, 9.17) is 4.74 Å². The number of pyridine rings is 1. The molecule has 0 aliphatic carbocycles. The molecule has 3 nitrogen and oxygen atoms in total. The zero-order chi connectivity index (χ0) is 14.4. The summed E-state index contributed by atoms with van der Waals surface area (Å²) in [5.74, 6) is 0.884. The maximum Gasteiger partial charge on any atom is 0.119 e. The number of rotatable bonds is 6. The molecule has 0 saturated carbocycles. The SMILES string of the molecule is CCCCN(c1ccc(OC)cc1)c1ccnc(C)c1. The van der Waals surface area contributed by atoms with Gasteiger partial charge in [-0.3, -0.25) is 4.98 Å².